The summed E-state index contributed by atoms with van der Waals surface area (Å²) in [5.41, 5.74) is 4.19. The highest BCUT2D eigenvalue weighted by atomic mass is 35.5. The molecule has 15 heavy (non-hydrogen) atoms. The Kier molecular flexibility index (Phi) is 3.28. The molecule has 2 heterocycles. The molecule has 0 radical (unpaired) electrons. The van der Waals surface area contributed by atoms with Crippen molar-refractivity contribution in [1.29, 1.82) is 0 Å². The van der Waals surface area contributed by atoms with E-state index >= 15 is 0 Å². The van der Waals surface area contributed by atoms with Gasteiger partial charge in [0.25, 0.3) is 0 Å². The van der Waals surface area contributed by atoms with E-state index in [1.807, 2.05) is 6.07 Å². The third-order valence-electron chi connectivity index (χ3n) is 2.42. The van der Waals surface area contributed by atoms with Crippen molar-refractivity contribution in [3.05, 3.63) is 17.4 Å². The monoisotopic (exact) mass is 227 g/mol. The zero-order chi connectivity index (χ0) is 10.7. The molecule has 1 aromatic heterocycles. The Morgan fingerprint density at radius 3 is 2.87 bits per heavy atom. The molecule has 0 unspecified atom stereocenters. The highest BCUT2D eigenvalue weighted by Gasteiger charge is 2.12. The van der Waals surface area contributed by atoms with Crippen molar-refractivity contribution in [2.75, 3.05) is 25.6 Å². The fourth-order valence-corrected chi connectivity index (χ4v) is 1.82. The first-order valence-corrected chi connectivity index (χ1v) is 5.38. The molecular formula is C10H14ClN3O. The molecule has 1 fully saturated rings. The summed E-state index contributed by atoms with van der Waals surface area (Å²) in [6, 6.07) is 1.85. The normalized spacial score (nSPS) is 16.7. The molecule has 4 nitrogen and oxygen atoms in total. The molecule has 1 aliphatic heterocycles. The lowest BCUT2D eigenvalue weighted by atomic mass is 10.4. The Bertz CT molecular complexity index is 339. The Hall–Kier alpha value is -1.00. The average Bonchev–Trinajstić information content (AvgIpc) is 2.73. The molecule has 1 N–H and O–H groups in total. The van der Waals surface area contributed by atoms with Crippen molar-refractivity contribution in [2.45, 2.75) is 12.8 Å². The van der Waals surface area contributed by atoms with Gasteiger partial charge in [-0.15, -0.1) is 0 Å². The summed E-state index contributed by atoms with van der Waals surface area (Å²) >= 11 is 5.84. The lowest BCUT2D eigenvalue weighted by molar-refractivity contribution is 0.403. The van der Waals surface area contributed by atoms with E-state index in [-0.39, 0.29) is 0 Å². The van der Waals surface area contributed by atoms with Gasteiger partial charge in [-0.05, 0) is 12.8 Å². The molecule has 1 aromatic rings. The van der Waals surface area contributed by atoms with Gasteiger partial charge in [0.15, 0.2) is 10.9 Å². The second kappa shape index (κ2) is 4.68. The number of nitrogens with zero attached hydrogens (tertiary/aromatic N) is 2. The van der Waals surface area contributed by atoms with Gasteiger partial charge in [-0.25, -0.2) is 9.99 Å². The molecular weight excluding hydrogens is 214 g/mol. The van der Waals surface area contributed by atoms with Crippen molar-refractivity contribution in [2.24, 2.45) is 0 Å². The maximum Gasteiger partial charge on any atom is 0.171 e. The summed E-state index contributed by atoms with van der Waals surface area (Å²) in [4.78, 5) is 4.04. The van der Waals surface area contributed by atoms with Crippen LogP contribution in [0.5, 0.6) is 5.75 Å². The van der Waals surface area contributed by atoms with Crippen LogP contribution in [-0.2, 0) is 0 Å². The quantitative estimate of drug-likeness (QED) is 0.804. The number of anilines is 1. The summed E-state index contributed by atoms with van der Waals surface area (Å²) in [6.07, 6.45) is 4.19. The Morgan fingerprint density at radius 1 is 1.47 bits per heavy atom. The molecule has 0 aliphatic carbocycles. The molecule has 0 atom stereocenters. The van der Waals surface area contributed by atoms with Crippen molar-refractivity contribution < 1.29 is 4.74 Å². The number of pyridine rings is 1. The molecule has 0 amide bonds. The minimum Gasteiger partial charge on any atom is -0.493 e. The number of methoxy groups -OCH3 is 1. The summed E-state index contributed by atoms with van der Waals surface area (Å²) in [6.45, 7) is 2.15. The van der Waals surface area contributed by atoms with Crippen molar-refractivity contribution >= 4 is 17.3 Å². The number of rotatable bonds is 3. The molecule has 0 spiro atoms. The number of hydrogen-bond donors (Lipinski definition) is 1. The highest BCUT2D eigenvalue weighted by Crippen LogP contribution is 2.25. The molecule has 82 valence electrons. The number of nitrogens with one attached hydrogen (secondary N) is 1. The van der Waals surface area contributed by atoms with Gasteiger partial charge in [0.2, 0.25) is 0 Å². The van der Waals surface area contributed by atoms with E-state index in [1.165, 1.54) is 12.8 Å². The topological polar surface area (TPSA) is 37.4 Å². The van der Waals surface area contributed by atoms with Gasteiger partial charge >= 0.3 is 0 Å². The lowest BCUT2D eigenvalue weighted by Gasteiger charge is -2.17. The van der Waals surface area contributed by atoms with E-state index in [0.717, 1.165) is 18.8 Å². The van der Waals surface area contributed by atoms with Crippen LogP contribution in [0.3, 0.4) is 0 Å². The fraction of sp³-hybridized carbons (Fsp3) is 0.500. The minimum atomic E-state index is 0.393. The largest absolute Gasteiger partial charge is 0.493 e. The van der Waals surface area contributed by atoms with Crippen molar-refractivity contribution in [3.8, 4) is 5.75 Å². The van der Waals surface area contributed by atoms with Crippen LogP contribution in [0.1, 0.15) is 12.8 Å². The van der Waals surface area contributed by atoms with E-state index in [0.29, 0.717) is 10.9 Å². The van der Waals surface area contributed by atoms with Gasteiger partial charge in [-0.3, -0.25) is 0 Å². The van der Waals surface area contributed by atoms with Gasteiger partial charge in [0.05, 0.1) is 19.0 Å². The van der Waals surface area contributed by atoms with Crippen LogP contribution in [0.25, 0.3) is 0 Å². The van der Waals surface area contributed by atoms with Gasteiger partial charge in [0.1, 0.15) is 0 Å². The average molecular weight is 228 g/mol. The molecule has 2 rings (SSSR count). The number of hydrogen-bond acceptors (Lipinski definition) is 4. The van der Waals surface area contributed by atoms with Crippen LogP contribution in [-0.4, -0.2) is 30.2 Å². The van der Waals surface area contributed by atoms with Gasteiger partial charge in [0, 0.05) is 19.2 Å². The highest BCUT2D eigenvalue weighted by molar-refractivity contribution is 6.30. The zero-order valence-corrected chi connectivity index (χ0v) is 9.42. The maximum absolute atomic E-state index is 5.84. The molecule has 1 saturated heterocycles. The van der Waals surface area contributed by atoms with E-state index in [2.05, 4.69) is 15.4 Å². The number of halogens is 1. The van der Waals surface area contributed by atoms with Gasteiger partial charge in [-0.1, -0.05) is 11.6 Å². The first-order valence-electron chi connectivity index (χ1n) is 5.01. The first kappa shape index (κ1) is 10.5. The minimum absolute atomic E-state index is 0.393. The van der Waals surface area contributed by atoms with E-state index in [4.69, 9.17) is 16.3 Å². The maximum atomic E-state index is 5.84. The Balaban J connectivity index is 2.07. The molecule has 1 aliphatic rings. The van der Waals surface area contributed by atoms with Crippen molar-refractivity contribution in [1.82, 2.24) is 9.99 Å². The summed E-state index contributed by atoms with van der Waals surface area (Å²) in [5, 5.41) is 2.56. The van der Waals surface area contributed by atoms with Crippen LogP contribution in [0.2, 0.25) is 5.15 Å². The predicted molar refractivity (Wildman–Crippen MR) is 60.2 cm³/mol. The van der Waals surface area contributed by atoms with Crippen LogP contribution in [0.15, 0.2) is 12.3 Å². The first-order chi connectivity index (χ1) is 7.29. The molecule has 0 saturated carbocycles. The molecule has 0 bridgehead atoms. The van der Waals surface area contributed by atoms with Crippen LogP contribution in [0, 0.1) is 0 Å². The third-order valence-corrected chi connectivity index (χ3v) is 2.70. The van der Waals surface area contributed by atoms with Gasteiger partial charge in [-0.2, -0.15) is 0 Å². The zero-order valence-electron chi connectivity index (χ0n) is 8.66. The Morgan fingerprint density at radius 2 is 2.20 bits per heavy atom. The number of aromatic nitrogens is 1. The fourth-order valence-electron chi connectivity index (χ4n) is 1.64. The van der Waals surface area contributed by atoms with E-state index in [1.54, 1.807) is 13.3 Å². The second-order valence-corrected chi connectivity index (χ2v) is 3.88. The second-order valence-electron chi connectivity index (χ2n) is 3.52. The number of ether oxygens (including phenoxy) is 1. The molecule has 0 aromatic carbocycles. The number of hydrazine groups is 1. The third kappa shape index (κ3) is 2.52. The Labute approximate surface area is 94.2 Å². The summed E-state index contributed by atoms with van der Waals surface area (Å²) in [7, 11) is 1.59. The predicted octanol–water partition coefficient (Wildman–Crippen LogP) is 2.17. The van der Waals surface area contributed by atoms with Crippen LogP contribution >= 0.6 is 11.6 Å². The SMILES string of the molecule is COc1cc(NN2CCCC2)cnc1Cl. The van der Waals surface area contributed by atoms with Gasteiger partial charge < -0.3 is 10.2 Å². The summed E-state index contributed by atoms with van der Waals surface area (Å²) in [5.74, 6) is 0.598. The lowest BCUT2D eigenvalue weighted by Crippen LogP contribution is -2.26. The molecule has 5 heteroatoms. The standard InChI is InChI=1S/C10H14ClN3O/c1-15-9-6-8(7-12-10(9)11)13-14-4-2-3-5-14/h6-7,13H,2-5H2,1H3. The van der Waals surface area contributed by atoms with Crippen LogP contribution < -0.4 is 10.2 Å². The van der Waals surface area contributed by atoms with E-state index in [9.17, 15) is 0 Å². The van der Waals surface area contributed by atoms with Crippen LogP contribution in [0.4, 0.5) is 5.69 Å². The van der Waals surface area contributed by atoms with E-state index < -0.39 is 0 Å². The summed E-state index contributed by atoms with van der Waals surface area (Å²) < 4.78 is 5.10. The smallest absolute Gasteiger partial charge is 0.171 e. The van der Waals surface area contributed by atoms with Crippen molar-refractivity contribution in [3.63, 3.8) is 0 Å².